The van der Waals surface area contributed by atoms with E-state index in [2.05, 4.69) is 27.7 Å². The van der Waals surface area contributed by atoms with Gasteiger partial charge in [-0.1, -0.05) is 124 Å². The van der Waals surface area contributed by atoms with Gasteiger partial charge in [-0.3, -0.25) is 14.5 Å². The number of rotatable bonds is 17. The number of hydrogen-bond acceptors (Lipinski definition) is 2. The highest BCUT2D eigenvalue weighted by Crippen LogP contribution is 2.60. The van der Waals surface area contributed by atoms with Crippen LogP contribution in [-0.2, 0) is 9.59 Å². The van der Waals surface area contributed by atoms with Crippen LogP contribution in [0, 0.1) is 16.7 Å². The van der Waals surface area contributed by atoms with Crippen molar-refractivity contribution in [1.29, 1.82) is 0 Å². The molecule has 1 saturated heterocycles. The molecule has 0 aromatic carbocycles. The Morgan fingerprint density at radius 1 is 0.710 bits per heavy atom. The maximum Gasteiger partial charge on any atom is 0.235 e. The summed E-state index contributed by atoms with van der Waals surface area (Å²) in [6.45, 7) is 9.24. The standard InChI is InChI=1S/C28H51NO2/c1-5-6-7-8-9-10-11-12-13-14-15-16-17-18-19-20-23-29-25(30)24-21-22-28(4,26(29)31)27(24,2)3/h24H,5-23H2,1-4H3/t24-,28+/m1/s1. The van der Waals surface area contributed by atoms with Crippen LogP contribution in [0.3, 0.4) is 0 Å². The number of fused-ring (bicyclic) bond motifs is 2. The molecule has 2 amide bonds. The monoisotopic (exact) mass is 433 g/mol. The molecule has 3 heteroatoms. The van der Waals surface area contributed by atoms with E-state index in [-0.39, 0.29) is 28.6 Å². The number of amides is 2. The summed E-state index contributed by atoms with van der Waals surface area (Å²) in [7, 11) is 0. The van der Waals surface area contributed by atoms with Crippen LogP contribution in [0.25, 0.3) is 0 Å². The Morgan fingerprint density at radius 2 is 1.13 bits per heavy atom. The second kappa shape index (κ2) is 13.0. The van der Waals surface area contributed by atoms with Gasteiger partial charge in [-0.15, -0.1) is 0 Å². The van der Waals surface area contributed by atoms with Gasteiger partial charge in [0.15, 0.2) is 0 Å². The normalized spacial score (nSPS) is 24.9. The summed E-state index contributed by atoms with van der Waals surface area (Å²) in [5.74, 6) is 0.236. The lowest BCUT2D eigenvalue weighted by Gasteiger charge is -2.47. The van der Waals surface area contributed by atoms with Crippen LogP contribution in [0.5, 0.6) is 0 Å². The van der Waals surface area contributed by atoms with Crippen molar-refractivity contribution in [3.05, 3.63) is 0 Å². The zero-order valence-electron chi connectivity index (χ0n) is 21.3. The number of imide groups is 1. The summed E-state index contributed by atoms with van der Waals surface area (Å²) in [6, 6.07) is 0. The molecule has 0 radical (unpaired) electrons. The van der Waals surface area contributed by atoms with E-state index in [4.69, 9.17) is 0 Å². The first kappa shape index (κ1) is 26.4. The predicted octanol–water partition coefficient (Wildman–Crippen LogP) is 8.06. The number of likely N-dealkylation sites (tertiary alicyclic amines) is 1. The molecule has 0 spiro atoms. The van der Waals surface area contributed by atoms with Gasteiger partial charge < -0.3 is 0 Å². The molecule has 2 rings (SSSR count). The maximum atomic E-state index is 13.0. The Morgan fingerprint density at radius 3 is 1.58 bits per heavy atom. The van der Waals surface area contributed by atoms with Crippen molar-refractivity contribution in [3.8, 4) is 0 Å². The Bertz CT molecular complexity index is 555. The molecule has 0 unspecified atom stereocenters. The molecule has 0 N–H and O–H groups in total. The van der Waals surface area contributed by atoms with E-state index in [9.17, 15) is 9.59 Å². The molecule has 3 nitrogen and oxygen atoms in total. The smallest absolute Gasteiger partial charge is 0.235 e. The summed E-state index contributed by atoms with van der Waals surface area (Å²) in [4.78, 5) is 27.5. The molecule has 180 valence electrons. The third kappa shape index (κ3) is 6.81. The molecule has 2 atom stereocenters. The number of nitrogens with zero attached hydrogens (tertiary/aromatic N) is 1. The molecule has 1 aliphatic heterocycles. The van der Waals surface area contributed by atoms with Crippen LogP contribution in [0.1, 0.15) is 143 Å². The van der Waals surface area contributed by atoms with Crippen LogP contribution < -0.4 is 0 Å². The van der Waals surface area contributed by atoms with E-state index in [1.54, 1.807) is 4.90 Å². The Labute approximate surface area is 193 Å². The fourth-order valence-corrected chi connectivity index (χ4v) is 5.93. The van der Waals surface area contributed by atoms with Gasteiger partial charge in [0, 0.05) is 12.5 Å². The number of carbonyl (C=O) groups excluding carboxylic acids is 2. The van der Waals surface area contributed by atoms with E-state index in [0.29, 0.717) is 6.54 Å². The van der Waals surface area contributed by atoms with Gasteiger partial charge in [0.2, 0.25) is 11.8 Å². The van der Waals surface area contributed by atoms with Crippen LogP contribution in [0.2, 0.25) is 0 Å². The molecule has 0 aromatic rings. The van der Waals surface area contributed by atoms with Crippen molar-refractivity contribution in [3.63, 3.8) is 0 Å². The Balaban J connectivity index is 1.44. The van der Waals surface area contributed by atoms with Gasteiger partial charge in [-0.2, -0.15) is 0 Å². The Kier molecular flexibility index (Phi) is 11.1. The molecule has 1 aliphatic carbocycles. The van der Waals surface area contributed by atoms with Crippen molar-refractivity contribution in [2.75, 3.05) is 6.54 Å². The van der Waals surface area contributed by atoms with Crippen LogP contribution in [-0.4, -0.2) is 23.3 Å². The summed E-state index contributed by atoms with van der Waals surface area (Å²) in [5, 5.41) is 0. The second-order valence-corrected chi connectivity index (χ2v) is 11.2. The molecule has 1 saturated carbocycles. The largest absolute Gasteiger partial charge is 0.282 e. The average molecular weight is 434 g/mol. The fraction of sp³-hybridized carbons (Fsp3) is 0.929. The van der Waals surface area contributed by atoms with E-state index in [0.717, 1.165) is 25.7 Å². The van der Waals surface area contributed by atoms with Crippen molar-refractivity contribution < 1.29 is 9.59 Å². The molecule has 31 heavy (non-hydrogen) atoms. The molecule has 2 bridgehead atoms. The van der Waals surface area contributed by atoms with Gasteiger partial charge in [-0.25, -0.2) is 0 Å². The van der Waals surface area contributed by atoms with Gasteiger partial charge >= 0.3 is 0 Å². The average Bonchev–Trinajstić information content (AvgIpc) is 2.93. The topological polar surface area (TPSA) is 37.4 Å². The summed E-state index contributed by atoms with van der Waals surface area (Å²) in [6.07, 6.45) is 23.2. The SMILES string of the molecule is CCCCCCCCCCCCCCCCCCN1C(=O)[C@H]2CC[C@@](C)(C1=O)C2(C)C. The summed E-state index contributed by atoms with van der Waals surface area (Å²) in [5.41, 5.74) is -0.535. The summed E-state index contributed by atoms with van der Waals surface area (Å²) >= 11 is 0. The lowest BCUT2D eigenvalue weighted by molar-refractivity contribution is -0.167. The van der Waals surface area contributed by atoms with Gasteiger partial charge in [0.05, 0.1) is 5.41 Å². The van der Waals surface area contributed by atoms with Crippen molar-refractivity contribution in [1.82, 2.24) is 4.90 Å². The molecular formula is C28H51NO2. The highest BCUT2D eigenvalue weighted by atomic mass is 16.2. The third-order valence-electron chi connectivity index (χ3n) is 8.74. The minimum absolute atomic E-state index is 0.0382. The number of piperidine rings is 1. The van der Waals surface area contributed by atoms with Gasteiger partial charge in [-0.05, 0) is 24.7 Å². The van der Waals surface area contributed by atoms with E-state index in [1.807, 2.05) is 0 Å². The first-order valence-corrected chi connectivity index (χ1v) is 13.7. The lowest BCUT2D eigenvalue weighted by Crippen LogP contribution is -2.59. The number of unbranched alkanes of at least 4 members (excludes halogenated alkanes) is 15. The molecule has 0 aromatic heterocycles. The lowest BCUT2D eigenvalue weighted by atomic mass is 9.62. The number of hydrogen-bond donors (Lipinski definition) is 0. The maximum absolute atomic E-state index is 13.0. The van der Waals surface area contributed by atoms with E-state index >= 15 is 0 Å². The highest BCUT2D eigenvalue weighted by molar-refractivity contribution is 6.03. The molecule has 1 heterocycles. The second-order valence-electron chi connectivity index (χ2n) is 11.2. The number of carbonyl (C=O) groups is 2. The molecule has 2 fully saturated rings. The van der Waals surface area contributed by atoms with Crippen molar-refractivity contribution >= 4 is 11.8 Å². The zero-order valence-corrected chi connectivity index (χ0v) is 21.3. The van der Waals surface area contributed by atoms with E-state index in [1.165, 1.54) is 89.9 Å². The Hall–Kier alpha value is -0.860. The zero-order chi connectivity index (χ0) is 22.7. The fourth-order valence-electron chi connectivity index (χ4n) is 5.93. The van der Waals surface area contributed by atoms with Crippen LogP contribution in [0.15, 0.2) is 0 Å². The van der Waals surface area contributed by atoms with Gasteiger partial charge in [0.1, 0.15) is 0 Å². The molecular weight excluding hydrogens is 382 g/mol. The predicted molar refractivity (Wildman–Crippen MR) is 131 cm³/mol. The molecule has 2 aliphatic rings. The van der Waals surface area contributed by atoms with Crippen LogP contribution in [0.4, 0.5) is 0 Å². The first-order valence-electron chi connectivity index (χ1n) is 13.7. The minimum Gasteiger partial charge on any atom is -0.282 e. The van der Waals surface area contributed by atoms with Crippen molar-refractivity contribution in [2.24, 2.45) is 16.7 Å². The minimum atomic E-state index is -0.347. The first-order chi connectivity index (χ1) is 14.9. The summed E-state index contributed by atoms with van der Waals surface area (Å²) < 4.78 is 0. The quantitative estimate of drug-likeness (QED) is 0.172. The van der Waals surface area contributed by atoms with Crippen molar-refractivity contribution in [2.45, 2.75) is 143 Å². The third-order valence-corrected chi connectivity index (χ3v) is 8.74. The van der Waals surface area contributed by atoms with Gasteiger partial charge in [0.25, 0.3) is 0 Å². The highest BCUT2D eigenvalue weighted by Gasteiger charge is 2.64. The van der Waals surface area contributed by atoms with E-state index < -0.39 is 0 Å². The van der Waals surface area contributed by atoms with Crippen LogP contribution >= 0.6 is 0 Å².